The summed E-state index contributed by atoms with van der Waals surface area (Å²) < 4.78 is 0. The van der Waals surface area contributed by atoms with E-state index < -0.39 is 0 Å². The van der Waals surface area contributed by atoms with Crippen molar-refractivity contribution in [2.24, 2.45) is 5.41 Å². The Bertz CT molecular complexity index is 336. The van der Waals surface area contributed by atoms with Crippen LogP contribution in [0, 0.1) is 5.41 Å². The van der Waals surface area contributed by atoms with Crippen LogP contribution in [-0.4, -0.2) is 11.4 Å². The monoisotopic (exact) mass is 190 g/mol. The third-order valence-electron chi connectivity index (χ3n) is 3.38. The summed E-state index contributed by atoms with van der Waals surface area (Å²) in [6.07, 6.45) is 12.0. The lowest BCUT2D eigenvalue weighted by Crippen LogP contribution is -2.23. The molecule has 14 heavy (non-hydrogen) atoms. The van der Waals surface area contributed by atoms with Gasteiger partial charge in [0.25, 0.3) is 0 Å². The summed E-state index contributed by atoms with van der Waals surface area (Å²) in [5.41, 5.74) is 1.66. The molecule has 0 bridgehead atoms. The first-order chi connectivity index (χ1) is 6.83. The first kappa shape index (κ1) is 9.25. The molecule has 1 fully saturated rings. The molecule has 0 heterocycles. The highest BCUT2D eigenvalue weighted by Crippen LogP contribution is 2.51. The van der Waals surface area contributed by atoms with E-state index in [-0.39, 0.29) is 5.41 Å². The maximum atomic E-state index is 10.9. The van der Waals surface area contributed by atoms with Gasteiger partial charge in [0.2, 0.25) is 0 Å². The molecule has 0 amide bonds. The quantitative estimate of drug-likeness (QED) is 0.413. The number of fused-ring (bicyclic) bond motifs is 1. The van der Waals surface area contributed by atoms with E-state index in [1.165, 1.54) is 5.57 Å². The van der Waals surface area contributed by atoms with Crippen molar-refractivity contribution in [1.29, 1.82) is 0 Å². The number of allylic oxidation sites excluding steroid dienone is 5. The number of carbonyl (C=O) groups is 1. The van der Waals surface area contributed by atoms with Crippen molar-refractivity contribution in [3.8, 4) is 0 Å². The maximum Gasteiger partial charge on any atom is 0.149 e. The molecule has 2 aliphatic rings. The second-order valence-corrected chi connectivity index (χ2v) is 3.96. The highest BCUT2D eigenvalue weighted by Gasteiger charge is 2.41. The van der Waals surface area contributed by atoms with Crippen LogP contribution in [0.4, 0.5) is 0 Å². The summed E-state index contributed by atoms with van der Waals surface area (Å²) in [7, 11) is 0. The second kappa shape index (κ2) is 3.45. The van der Waals surface area contributed by atoms with E-state index in [4.69, 9.17) is 5.11 Å². The minimum absolute atomic E-state index is 0.175. The smallest absolute Gasteiger partial charge is 0.149 e. The molecule has 74 valence electrons. The Balaban J connectivity index is 2.43. The molecule has 1 N–H and O–H groups in total. The Morgan fingerprint density at radius 2 is 2.43 bits per heavy atom. The number of aliphatic hydroxyl groups is 1. The van der Waals surface area contributed by atoms with E-state index in [0.29, 0.717) is 5.57 Å². The number of hydrogen-bond donors (Lipinski definition) is 1. The topological polar surface area (TPSA) is 37.3 Å². The van der Waals surface area contributed by atoms with Gasteiger partial charge >= 0.3 is 0 Å². The van der Waals surface area contributed by atoms with Crippen LogP contribution < -0.4 is 0 Å². The number of carbonyl (C=O) groups excluding carboxylic acids is 1. The lowest BCUT2D eigenvalue weighted by Gasteiger charge is -2.31. The zero-order valence-electron chi connectivity index (χ0n) is 8.07. The second-order valence-electron chi connectivity index (χ2n) is 3.96. The number of aldehydes is 1. The van der Waals surface area contributed by atoms with Crippen LogP contribution in [0.1, 0.15) is 25.7 Å². The normalized spacial score (nSPS) is 31.1. The molecule has 0 aliphatic heterocycles. The fraction of sp³-hybridized carbons (Fsp3) is 0.417. The lowest BCUT2D eigenvalue weighted by molar-refractivity contribution is -0.105. The molecular formula is C12H14O2. The Labute approximate surface area is 83.6 Å². The molecule has 1 unspecified atom stereocenters. The van der Waals surface area contributed by atoms with Gasteiger partial charge in [-0.25, -0.2) is 0 Å². The van der Waals surface area contributed by atoms with E-state index in [1.54, 1.807) is 0 Å². The maximum absolute atomic E-state index is 10.9. The van der Waals surface area contributed by atoms with E-state index in [9.17, 15) is 4.79 Å². The molecule has 2 heteroatoms. The van der Waals surface area contributed by atoms with Crippen LogP contribution in [0.15, 0.2) is 35.6 Å². The van der Waals surface area contributed by atoms with Gasteiger partial charge in [0.15, 0.2) is 0 Å². The fourth-order valence-electron chi connectivity index (χ4n) is 2.62. The van der Waals surface area contributed by atoms with Crippen molar-refractivity contribution in [3.05, 3.63) is 35.6 Å². The molecule has 0 aromatic rings. The Hall–Kier alpha value is -1.31. The minimum atomic E-state index is -0.175. The summed E-state index contributed by atoms with van der Waals surface area (Å²) in [5, 5.41) is 9.08. The number of rotatable bonds is 2. The predicted molar refractivity (Wildman–Crippen MR) is 54.9 cm³/mol. The molecule has 0 aromatic carbocycles. The van der Waals surface area contributed by atoms with E-state index >= 15 is 0 Å². The molecule has 1 atom stereocenters. The van der Waals surface area contributed by atoms with Gasteiger partial charge in [0.1, 0.15) is 6.29 Å². The van der Waals surface area contributed by atoms with E-state index in [0.717, 1.165) is 38.2 Å². The molecule has 2 nitrogen and oxygen atoms in total. The van der Waals surface area contributed by atoms with Crippen LogP contribution in [-0.2, 0) is 4.79 Å². The van der Waals surface area contributed by atoms with Crippen LogP contribution in [0.3, 0.4) is 0 Å². The number of aliphatic hydroxyl groups excluding tert-OH is 1. The zero-order valence-corrected chi connectivity index (χ0v) is 8.07. The van der Waals surface area contributed by atoms with Gasteiger partial charge in [0, 0.05) is 11.0 Å². The van der Waals surface area contributed by atoms with Crippen molar-refractivity contribution >= 4 is 6.29 Å². The molecule has 1 saturated carbocycles. The first-order valence-corrected chi connectivity index (χ1v) is 5.00. The summed E-state index contributed by atoms with van der Waals surface area (Å²) in [4.78, 5) is 10.9. The molecule has 0 spiro atoms. The molecule has 0 aromatic heterocycles. The minimum Gasteiger partial charge on any atom is -0.515 e. The largest absolute Gasteiger partial charge is 0.515 e. The van der Waals surface area contributed by atoms with Crippen molar-refractivity contribution in [2.75, 3.05) is 0 Å². The molecule has 2 aliphatic carbocycles. The summed E-state index contributed by atoms with van der Waals surface area (Å²) in [6.45, 7) is 0. The number of hydrogen-bond acceptors (Lipinski definition) is 2. The summed E-state index contributed by atoms with van der Waals surface area (Å²) in [5.74, 6) is 0. The average molecular weight is 190 g/mol. The van der Waals surface area contributed by atoms with Crippen molar-refractivity contribution in [3.63, 3.8) is 0 Å². The van der Waals surface area contributed by atoms with Gasteiger partial charge < -0.3 is 5.11 Å². The summed E-state index contributed by atoms with van der Waals surface area (Å²) in [6, 6.07) is 0. The van der Waals surface area contributed by atoms with Crippen LogP contribution in [0.5, 0.6) is 0 Å². The van der Waals surface area contributed by atoms with Crippen LogP contribution in [0.25, 0.3) is 0 Å². The van der Waals surface area contributed by atoms with Gasteiger partial charge in [-0.2, -0.15) is 0 Å². The highest BCUT2D eigenvalue weighted by atomic mass is 16.2. The van der Waals surface area contributed by atoms with E-state index in [2.05, 4.69) is 12.2 Å². The Morgan fingerprint density at radius 3 is 3.14 bits per heavy atom. The standard InChI is InChI=1S/C12H14O2/c13-8-11(9-14)12-6-2-1-4-10(12)5-3-7-12/h1-2,4,8-9,13H,3,5-7H2/b11-8-. The van der Waals surface area contributed by atoms with Gasteiger partial charge in [-0.1, -0.05) is 23.8 Å². The van der Waals surface area contributed by atoms with Gasteiger partial charge in [-0.3, -0.25) is 4.79 Å². The van der Waals surface area contributed by atoms with Crippen LogP contribution in [0.2, 0.25) is 0 Å². The van der Waals surface area contributed by atoms with Gasteiger partial charge in [0.05, 0.1) is 6.26 Å². The third kappa shape index (κ3) is 1.14. The first-order valence-electron chi connectivity index (χ1n) is 5.00. The third-order valence-corrected chi connectivity index (χ3v) is 3.38. The van der Waals surface area contributed by atoms with E-state index in [1.807, 2.05) is 6.08 Å². The van der Waals surface area contributed by atoms with Crippen molar-refractivity contribution < 1.29 is 9.90 Å². The lowest BCUT2D eigenvalue weighted by atomic mass is 9.71. The molecule has 0 radical (unpaired) electrons. The molecule has 0 saturated heterocycles. The predicted octanol–water partition coefficient (Wildman–Crippen LogP) is 2.68. The molecular weight excluding hydrogens is 176 g/mol. The Morgan fingerprint density at radius 1 is 1.57 bits per heavy atom. The zero-order chi connectivity index (χ0) is 10.0. The van der Waals surface area contributed by atoms with Crippen molar-refractivity contribution in [2.45, 2.75) is 25.7 Å². The van der Waals surface area contributed by atoms with Gasteiger partial charge in [-0.15, -0.1) is 0 Å². The van der Waals surface area contributed by atoms with Crippen LogP contribution >= 0.6 is 0 Å². The van der Waals surface area contributed by atoms with Gasteiger partial charge in [-0.05, 0) is 25.7 Å². The van der Waals surface area contributed by atoms with Crippen molar-refractivity contribution in [1.82, 2.24) is 0 Å². The summed E-state index contributed by atoms with van der Waals surface area (Å²) >= 11 is 0. The Kier molecular flexibility index (Phi) is 2.28. The molecule has 2 rings (SSSR count). The SMILES string of the molecule is O=C/C(=C/O)C12CC=CC=C1CCC2. The highest BCUT2D eigenvalue weighted by molar-refractivity contribution is 5.77. The average Bonchev–Trinajstić information content (AvgIpc) is 2.64. The fourth-order valence-corrected chi connectivity index (χ4v) is 2.62.